The summed E-state index contributed by atoms with van der Waals surface area (Å²) in [4.78, 5) is 33.9. The molecule has 2 aromatic carbocycles. The number of fused-ring (bicyclic) bond motifs is 2. The summed E-state index contributed by atoms with van der Waals surface area (Å²) in [5, 5.41) is 15.8. The lowest BCUT2D eigenvalue weighted by Crippen LogP contribution is -2.32. The number of sulfonamides is 1. The number of amides is 1. The minimum atomic E-state index is -4.47. The van der Waals surface area contributed by atoms with E-state index >= 15 is 0 Å². The summed E-state index contributed by atoms with van der Waals surface area (Å²) < 4.78 is 40.5. The van der Waals surface area contributed by atoms with Gasteiger partial charge in [0.05, 0.1) is 33.8 Å². The van der Waals surface area contributed by atoms with Crippen molar-refractivity contribution in [2.24, 2.45) is 5.92 Å². The zero-order valence-corrected chi connectivity index (χ0v) is 24.8. The predicted octanol–water partition coefficient (Wildman–Crippen LogP) is 4.74. The molecule has 3 N–H and O–H groups in total. The number of H-pyrrole nitrogens is 1. The Hall–Kier alpha value is -4.69. The number of hydrogen-bond donors (Lipinski definition) is 3. The fourth-order valence-electron chi connectivity index (χ4n) is 5.45. The normalized spacial score (nSPS) is 18.6. The van der Waals surface area contributed by atoms with Crippen molar-refractivity contribution >= 4 is 49.7 Å². The lowest BCUT2D eigenvalue weighted by Gasteiger charge is -2.27. The van der Waals surface area contributed by atoms with Crippen LogP contribution >= 0.6 is 0 Å². The number of ether oxygens (including phenoxy) is 2. The zero-order valence-electron chi connectivity index (χ0n) is 24.0. The molecule has 0 unspecified atom stereocenters. The SMILES string of the molecule is C[C@@H]1CC[C@H](CNc2ccc(S(=O)(=O)NC(=O)c3ccccc3N3CCCOc4nc5[nH]ccc5cc43)cc2[N+](=O)[O-])OC1. The van der Waals surface area contributed by atoms with Gasteiger partial charge in [0.1, 0.15) is 17.0 Å². The van der Waals surface area contributed by atoms with Crippen molar-refractivity contribution in [1.82, 2.24) is 14.7 Å². The van der Waals surface area contributed by atoms with Gasteiger partial charge in [-0.3, -0.25) is 14.9 Å². The Morgan fingerprint density at radius 3 is 2.80 bits per heavy atom. The molecular formula is C30H32N6O7S. The van der Waals surface area contributed by atoms with Crippen molar-refractivity contribution in [3.05, 3.63) is 76.5 Å². The van der Waals surface area contributed by atoms with Crippen molar-refractivity contribution < 1.29 is 27.6 Å². The molecular weight excluding hydrogens is 588 g/mol. The van der Waals surface area contributed by atoms with E-state index in [1.165, 1.54) is 18.2 Å². The van der Waals surface area contributed by atoms with Crippen LogP contribution in [0.5, 0.6) is 5.88 Å². The number of nitrogens with one attached hydrogen (secondary N) is 3. The molecule has 1 amide bonds. The number of aromatic nitrogens is 2. The number of rotatable bonds is 8. The van der Waals surface area contributed by atoms with Crippen molar-refractivity contribution in [3.63, 3.8) is 0 Å². The van der Waals surface area contributed by atoms with Gasteiger partial charge >= 0.3 is 0 Å². The maximum Gasteiger partial charge on any atom is 0.293 e. The minimum absolute atomic E-state index is 0.0962. The first kappa shape index (κ1) is 29.4. The van der Waals surface area contributed by atoms with E-state index < -0.39 is 31.4 Å². The summed E-state index contributed by atoms with van der Waals surface area (Å²) in [5.74, 6) is -0.0172. The van der Waals surface area contributed by atoms with Crippen LogP contribution in [0.2, 0.25) is 0 Å². The van der Waals surface area contributed by atoms with Crippen molar-refractivity contribution in [2.45, 2.75) is 37.2 Å². The highest BCUT2D eigenvalue weighted by Gasteiger charge is 2.28. The van der Waals surface area contributed by atoms with Crippen LogP contribution < -0.4 is 19.7 Å². The highest BCUT2D eigenvalue weighted by molar-refractivity contribution is 7.90. The van der Waals surface area contributed by atoms with Crippen molar-refractivity contribution in [1.29, 1.82) is 0 Å². The lowest BCUT2D eigenvalue weighted by atomic mass is 10.0. The van der Waals surface area contributed by atoms with Gasteiger partial charge in [0.25, 0.3) is 21.6 Å². The highest BCUT2D eigenvalue weighted by Crippen LogP contribution is 2.38. The quantitative estimate of drug-likeness (QED) is 0.185. The van der Waals surface area contributed by atoms with E-state index in [0.29, 0.717) is 61.5 Å². The van der Waals surface area contributed by atoms with Crippen LogP contribution in [0.1, 0.15) is 36.5 Å². The number of carbonyl (C=O) groups is 1. The van der Waals surface area contributed by atoms with Gasteiger partial charge in [0.15, 0.2) is 0 Å². The van der Waals surface area contributed by atoms with E-state index in [4.69, 9.17) is 9.47 Å². The molecule has 0 aliphatic carbocycles. The number of carbonyl (C=O) groups excluding carboxylic acids is 1. The molecule has 2 aromatic heterocycles. The van der Waals surface area contributed by atoms with Crippen LogP contribution in [0, 0.1) is 16.0 Å². The summed E-state index contributed by atoms with van der Waals surface area (Å²) in [5.41, 5.74) is 1.62. The minimum Gasteiger partial charge on any atom is -0.476 e. The molecule has 13 nitrogen and oxygen atoms in total. The molecule has 4 heterocycles. The number of nitrogens with zero attached hydrogens (tertiary/aromatic N) is 3. The molecule has 2 aliphatic rings. The first-order valence-corrected chi connectivity index (χ1v) is 15.9. The van der Waals surface area contributed by atoms with E-state index in [1.807, 2.05) is 17.0 Å². The summed E-state index contributed by atoms with van der Waals surface area (Å²) in [7, 11) is -4.47. The lowest BCUT2D eigenvalue weighted by molar-refractivity contribution is -0.384. The molecule has 230 valence electrons. The molecule has 2 atom stereocenters. The Bertz CT molecular complexity index is 1820. The monoisotopic (exact) mass is 620 g/mol. The summed E-state index contributed by atoms with van der Waals surface area (Å²) in [6.45, 7) is 3.99. The molecule has 2 aliphatic heterocycles. The molecule has 0 radical (unpaired) electrons. The van der Waals surface area contributed by atoms with Gasteiger partial charge in [-0.1, -0.05) is 19.1 Å². The van der Waals surface area contributed by atoms with Crippen LogP contribution in [0.4, 0.5) is 22.7 Å². The van der Waals surface area contributed by atoms with Gasteiger partial charge in [-0.15, -0.1) is 0 Å². The second-order valence-corrected chi connectivity index (χ2v) is 12.7. The van der Waals surface area contributed by atoms with Crippen LogP contribution in [0.3, 0.4) is 0 Å². The molecule has 6 rings (SSSR count). The van der Waals surface area contributed by atoms with Crippen LogP contribution in [-0.2, 0) is 14.8 Å². The van der Waals surface area contributed by atoms with E-state index in [2.05, 4.69) is 26.9 Å². The Balaban J connectivity index is 1.25. The van der Waals surface area contributed by atoms with E-state index in [9.17, 15) is 23.3 Å². The molecule has 1 fully saturated rings. The Morgan fingerprint density at radius 2 is 2.00 bits per heavy atom. The van der Waals surface area contributed by atoms with Gasteiger partial charge in [-0.2, -0.15) is 4.98 Å². The molecule has 14 heteroatoms. The average Bonchev–Trinajstić information content (AvgIpc) is 3.37. The van der Waals surface area contributed by atoms with Crippen LogP contribution in [0.25, 0.3) is 11.0 Å². The maximum atomic E-state index is 13.5. The first-order valence-electron chi connectivity index (χ1n) is 14.4. The standard InChI is InChI=1S/C30H32N6O7S/c1-19-7-8-21(43-18-19)17-32-24-10-9-22(16-26(24)36(38)39)44(40,41)34-29(37)23-5-2-3-6-25(23)35-13-4-14-42-30-27(35)15-20-11-12-31-28(20)33-30/h2-3,5-6,9-12,15-16,19,21,32H,4,7-8,13-14,17-18H2,1H3,(H,31,33)(H,34,37)/t19-,21-/m1/s1. The van der Waals surface area contributed by atoms with Crippen LogP contribution in [-0.4, -0.2) is 61.6 Å². The van der Waals surface area contributed by atoms with E-state index in [0.717, 1.165) is 24.3 Å². The molecule has 1 saturated heterocycles. The Morgan fingerprint density at radius 1 is 1.16 bits per heavy atom. The Kier molecular flexibility index (Phi) is 8.10. The van der Waals surface area contributed by atoms with Crippen molar-refractivity contribution in [3.8, 4) is 5.88 Å². The Labute approximate surface area is 253 Å². The van der Waals surface area contributed by atoms with Gasteiger partial charge in [-0.05, 0) is 61.6 Å². The van der Waals surface area contributed by atoms with Gasteiger partial charge in [0, 0.05) is 37.3 Å². The molecule has 0 saturated carbocycles. The zero-order chi connectivity index (χ0) is 30.8. The summed E-state index contributed by atoms with van der Waals surface area (Å²) in [6, 6.07) is 13.9. The number of para-hydroxylation sites is 1. The third-order valence-electron chi connectivity index (χ3n) is 7.80. The third kappa shape index (κ3) is 6.03. The fraction of sp³-hybridized carbons (Fsp3) is 0.333. The number of benzene rings is 2. The third-order valence-corrected chi connectivity index (χ3v) is 9.13. The predicted molar refractivity (Wildman–Crippen MR) is 164 cm³/mol. The summed E-state index contributed by atoms with van der Waals surface area (Å²) in [6.07, 6.45) is 4.13. The summed E-state index contributed by atoms with van der Waals surface area (Å²) >= 11 is 0. The number of nitro benzene ring substituents is 1. The number of hydrogen-bond acceptors (Lipinski definition) is 10. The van der Waals surface area contributed by atoms with E-state index in [1.54, 1.807) is 24.4 Å². The highest BCUT2D eigenvalue weighted by atomic mass is 32.2. The molecule has 0 spiro atoms. The number of aromatic amines is 1. The largest absolute Gasteiger partial charge is 0.476 e. The molecule has 4 aromatic rings. The maximum absolute atomic E-state index is 13.5. The van der Waals surface area contributed by atoms with Gasteiger partial charge in [0.2, 0.25) is 5.88 Å². The van der Waals surface area contributed by atoms with Gasteiger partial charge < -0.3 is 24.7 Å². The average molecular weight is 621 g/mol. The molecule has 44 heavy (non-hydrogen) atoms. The molecule has 0 bridgehead atoms. The number of anilines is 3. The van der Waals surface area contributed by atoms with Crippen LogP contribution in [0.15, 0.2) is 65.7 Å². The smallest absolute Gasteiger partial charge is 0.293 e. The van der Waals surface area contributed by atoms with Gasteiger partial charge in [-0.25, -0.2) is 13.1 Å². The van der Waals surface area contributed by atoms with Crippen molar-refractivity contribution in [2.75, 3.05) is 36.5 Å². The van der Waals surface area contributed by atoms with E-state index in [-0.39, 0.29) is 17.4 Å². The second kappa shape index (κ2) is 12.1. The number of nitro groups is 1. The number of pyridine rings is 1. The second-order valence-electron chi connectivity index (χ2n) is 11.0. The topological polar surface area (TPSA) is 169 Å². The first-order chi connectivity index (χ1) is 21.2. The fourth-order valence-corrected chi connectivity index (χ4v) is 6.44.